The SMILES string of the molecule is CN(C)CCNC(=O)c1ccc2cc(-c3cc4c(c(C56CC7CC(CC(C7)C5)C6)c3)OCO4)ccc2c1. The van der Waals surface area contributed by atoms with E-state index >= 15 is 0 Å². The van der Waals surface area contributed by atoms with Gasteiger partial charge in [0.2, 0.25) is 6.79 Å². The molecule has 0 atom stereocenters. The summed E-state index contributed by atoms with van der Waals surface area (Å²) in [6, 6.07) is 17.1. The van der Waals surface area contributed by atoms with Crippen LogP contribution < -0.4 is 14.8 Å². The molecule has 4 fully saturated rings. The number of carbonyl (C=O) groups excluding carboxylic acids is 1. The van der Waals surface area contributed by atoms with E-state index in [9.17, 15) is 4.79 Å². The van der Waals surface area contributed by atoms with Gasteiger partial charge < -0.3 is 19.7 Å². The maximum Gasteiger partial charge on any atom is 0.251 e. The topological polar surface area (TPSA) is 50.8 Å². The van der Waals surface area contributed by atoms with Gasteiger partial charge in [0, 0.05) is 24.2 Å². The Morgan fingerprint density at radius 1 is 0.892 bits per heavy atom. The van der Waals surface area contributed by atoms with Gasteiger partial charge in [-0.15, -0.1) is 0 Å². The molecule has 192 valence electrons. The van der Waals surface area contributed by atoms with Crippen molar-refractivity contribution in [1.82, 2.24) is 10.2 Å². The molecule has 0 aromatic heterocycles. The number of nitrogens with one attached hydrogen (secondary N) is 1. The number of carbonyl (C=O) groups is 1. The van der Waals surface area contributed by atoms with Gasteiger partial charge in [-0.05, 0) is 128 Å². The van der Waals surface area contributed by atoms with Crippen molar-refractivity contribution in [3.63, 3.8) is 0 Å². The molecule has 5 heteroatoms. The summed E-state index contributed by atoms with van der Waals surface area (Å²) in [6.45, 7) is 1.78. The Bertz CT molecular complexity index is 1340. The molecule has 0 unspecified atom stereocenters. The van der Waals surface area contributed by atoms with Crippen LogP contribution in [0.3, 0.4) is 0 Å². The second-order valence-electron chi connectivity index (χ2n) is 12.3. The number of hydrogen-bond acceptors (Lipinski definition) is 4. The standard InChI is InChI=1S/C32H36N2O3/c1-34(2)8-7-33-31(35)26-6-5-23-12-25(4-3-24(23)13-26)27-14-28(30-29(15-27)36-19-37-30)32-16-20-9-21(17-32)11-22(10-20)18-32/h3-6,12-15,20-22H,7-11,16-19H2,1-2H3,(H,33,35). The molecule has 4 bridgehead atoms. The summed E-state index contributed by atoms with van der Waals surface area (Å²) >= 11 is 0. The number of hydrogen-bond donors (Lipinski definition) is 1. The molecule has 3 aromatic rings. The van der Waals surface area contributed by atoms with Crippen molar-refractivity contribution in [3.05, 3.63) is 59.7 Å². The molecule has 1 aliphatic heterocycles. The summed E-state index contributed by atoms with van der Waals surface area (Å²) in [5.41, 5.74) is 4.71. The molecular formula is C32H36N2O3. The highest BCUT2D eigenvalue weighted by Gasteiger charge is 2.53. The second-order valence-corrected chi connectivity index (χ2v) is 12.3. The van der Waals surface area contributed by atoms with Crippen LogP contribution in [0.15, 0.2) is 48.5 Å². The number of fused-ring (bicyclic) bond motifs is 2. The lowest BCUT2D eigenvalue weighted by molar-refractivity contribution is -0.00626. The molecule has 8 rings (SSSR count). The zero-order valence-electron chi connectivity index (χ0n) is 21.9. The average molecular weight is 497 g/mol. The Morgan fingerprint density at radius 2 is 1.59 bits per heavy atom. The molecular weight excluding hydrogens is 460 g/mol. The number of amides is 1. The number of ether oxygens (including phenoxy) is 2. The third-order valence-electron chi connectivity index (χ3n) is 9.36. The first-order valence-electron chi connectivity index (χ1n) is 13.9. The molecule has 0 spiro atoms. The van der Waals surface area contributed by atoms with Gasteiger partial charge in [0.15, 0.2) is 11.5 Å². The quantitative estimate of drug-likeness (QED) is 0.455. The van der Waals surface area contributed by atoms with Crippen LogP contribution in [-0.2, 0) is 5.41 Å². The maximum atomic E-state index is 12.6. The number of likely N-dealkylation sites (N-methyl/N-ethyl adjacent to an activating group) is 1. The van der Waals surface area contributed by atoms with Gasteiger partial charge in [-0.2, -0.15) is 0 Å². The fourth-order valence-corrected chi connectivity index (χ4v) is 8.07. The van der Waals surface area contributed by atoms with E-state index in [2.05, 4.69) is 46.6 Å². The molecule has 3 aromatic carbocycles. The van der Waals surface area contributed by atoms with Gasteiger partial charge in [-0.3, -0.25) is 4.79 Å². The van der Waals surface area contributed by atoms with Crippen LogP contribution in [0.2, 0.25) is 0 Å². The minimum Gasteiger partial charge on any atom is -0.454 e. The molecule has 1 heterocycles. The van der Waals surface area contributed by atoms with Gasteiger partial charge in [0.1, 0.15) is 0 Å². The molecule has 5 nitrogen and oxygen atoms in total. The minimum absolute atomic E-state index is 0.0242. The predicted octanol–water partition coefficient (Wildman–Crippen LogP) is 5.99. The van der Waals surface area contributed by atoms with E-state index in [1.807, 2.05) is 26.2 Å². The lowest BCUT2D eigenvalue weighted by Gasteiger charge is -2.57. The first-order chi connectivity index (χ1) is 18.0. The largest absolute Gasteiger partial charge is 0.454 e. The summed E-state index contributed by atoms with van der Waals surface area (Å²) in [7, 11) is 4.01. The van der Waals surface area contributed by atoms with Gasteiger partial charge in [-0.1, -0.05) is 18.2 Å². The number of benzene rings is 3. The molecule has 5 aliphatic rings. The Morgan fingerprint density at radius 3 is 2.32 bits per heavy atom. The smallest absolute Gasteiger partial charge is 0.251 e. The van der Waals surface area contributed by atoms with Crippen LogP contribution in [0.5, 0.6) is 11.5 Å². The van der Waals surface area contributed by atoms with Crippen LogP contribution in [0.4, 0.5) is 0 Å². The highest BCUT2D eigenvalue weighted by atomic mass is 16.7. The fourth-order valence-electron chi connectivity index (χ4n) is 8.07. The van der Waals surface area contributed by atoms with Crippen molar-refractivity contribution in [2.45, 2.75) is 43.9 Å². The van der Waals surface area contributed by atoms with E-state index in [4.69, 9.17) is 9.47 Å². The second kappa shape index (κ2) is 8.76. The van der Waals surface area contributed by atoms with E-state index in [-0.39, 0.29) is 11.3 Å². The van der Waals surface area contributed by atoms with E-state index in [1.165, 1.54) is 55.2 Å². The van der Waals surface area contributed by atoms with Gasteiger partial charge in [-0.25, -0.2) is 0 Å². The highest BCUT2D eigenvalue weighted by molar-refractivity contribution is 5.99. The highest BCUT2D eigenvalue weighted by Crippen LogP contribution is 2.63. The predicted molar refractivity (Wildman–Crippen MR) is 146 cm³/mol. The van der Waals surface area contributed by atoms with E-state index in [0.717, 1.165) is 46.6 Å². The maximum absolute atomic E-state index is 12.6. The fraction of sp³-hybridized carbons (Fsp3) is 0.469. The third-order valence-corrected chi connectivity index (χ3v) is 9.36. The molecule has 4 saturated carbocycles. The molecule has 1 N–H and O–H groups in total. The molecule has 1 amide bonds. The van der Waals surface area contributed by atoms with Crippen molar-refractivity contribution < 1.29 is 14.3 Å². The van der Waals surface area contributed by atoms with Crippen molar-refractivity contribution in [2.75, 3.05) is 34.0 Å². The molecule has 0 radical (unpaired) electrons. The minimum atomic E-state index is -0.0242. The van der Waals surface area contributed by atoms with Gasteiger partial charge in [0.05, 0.1) is 0 Å². The summed E-state index contributed by atoms with van der Waals surface area (Å²) in [5, 5.41) is 5.22. The average Bonchev–Trinajstić information content (AvgIpc) is 3.35. The Hall–Kier alpha value is -3.05. The molecule has 4 aliphatic carbocycles. The third kappa shape index (κ3) is 4.08. The van der Waals surface area contributed by atoms with Crippen LogP contribution >= 0.6 is 0 Å². The molecule has 37 heavy (non-hydrogen) atoms. The normalized spacial score (nSPS) is 27.3. The summed E-state index contributed by atoms with van der Waals surface area (Å²) in [6.07, 6.45) is 8.19. The van der Waals surface area contributed by atoms with Crippen LogP contribution in [0, 0.1) is 17.8 Å². The van der Waals surface area contributed by atoms with Crippen molar-refractivity contribution >= 4 is 16.7 Å². The van der Waals surface area contributed by atoms with Crippen molar-refractivity contribution in [2.24, 2.45) is 17.8 Å². The van der Waals surface area contributed by atoms with E-state index in [0.29, 0.717) is 18.9 Å². The summed E-state index contributed by atoms with van der Waals surface area (Å²) in [5.74, 6) is 4.50. The lowest BCUT2D eigenvalue weighted by atomic mass is 9.48. The monoisotopic (exact) mass is 496 g/mol. The van der Waals surface area contributed by atoms with E-state index in [1.54, 1.807) is 0 Å². The van der Waals surface area contributed by atoms with Crippen LogP contribution in [-0.4, -0.2) is 44.8 Å². The lowest BCUT2D eigenvalue weighted by Crippen LogP contribution is -2.48. The van der Waals surface area contributed by atoms with Crippen LogP contribution in [0.1, 0.15) is 54.4 Å². The van der Waals surface area contributed by atoms with Crippen molar-refractivity contribution in [3.8, 4) is 22.6 Å². The summed E-state index contributed by atoms with van der Waals surface area (Å²) < 4.78 is 12.1. The Labute approximate surface area is 219 Å². The Kier molecular flexibility index (Phi) is 5.47. The Balaban J connectivity index is 1.22. The zero-order chi connectivity index (χ0) is 25.1. The number of rotatable bonds is 6. The molecule has 0 saturated heterocycles. The first kappa shape index (κ1) is 23.1. The first-order valence-corrected chi connectivity index (χ1v) is 13.9. The zero-order valence-corrected chi connectivity index (χ0v) is 21.9. The number of nitrogens with zero attached hydrogens (tertiary/aromatic N) is 1. The van der Waals surface area contributed by atoms with Crippen molar-refractivity contribution in [1.29, 1.82) is 0 Å². The summed E-state index contributed by atoms with van der Waals surface area (Å²) in [4.78, 5) is 14.7. The van der Waals surface area contributed by atoms with Gasteiger partial charge in [0.25, 0.3) is 5.91 Å². The van der Waals surface area contributed by atoms with E-state index < -0.39 is 0 Å². The van der Waals surface area contributed by atoms with Crippen LogP contribution in [0.25, 0.3) is 21.9 Å². The van der Waals surface area contributed by atoms with Gasteiger partial charge >= 0.3 is 0 Å².